The van der Waals surface area contributed by atoms with Crippen LogP contribution in [0.15, 0.2) is 48.5 Å². The van der Waals surface area contributed by atoms with E-state index in [0.29, 0.717) is 17.9 Å². The Morgan fingerprint density at radius 2 is 1.86 bits per heavy atom. The predicted molar refractivity (Wildman–Crippen MR) is 79.9 cm³/mol. The zero-order valence-corrected chi connectivity index (χ0v) is 12.1. The van der Waals surface area contributed by atoms with Gasteiger partial charge in [-0.05, 0) is 24.6 Å². The molecule has 0 radical (unpaired) electrons. The molecule has 0 saturated carbocycles. The minimum Gasteiger partial charge on any atom is -0.493 e. The normalized spacial score (nSPS) is 11.7. The number of ether oxygens (including phenoxy) is 2. The lowest BCUT2D eigenvalue weighted by molar-refractivity contribution is -0.145. The third kappa shape index (κ3) is 3.99. The Bertz CT molecular complexity index is 622. The van der Waals surface area contributed by atoms with Gasteiger partial charge in [-0.1, -0.05) is 42.0 Å². The molecule has 4 heteroatoms. The molecule has 0 amide bonds. The molecule has 0 aliphatic rings. The number of carbonyl (C=O) groups is 1. The highest BCUT2D eigenvalue weighted by atomic mass is 16.5. The fourth-order valence-corrected chi connectivity index (χ4v) is 2.10. The molecule has 0 aliphatic heterocycles. The molecule has 4 nitrogen and oxygen atoms in total. The first-order valence-electron chi connectivity index (χ1n) is 6.68. The molecule has 0 heterocycles. The van der Waals surface area contributed by atoms with Crippen LogP contribution in [0.25, 0.3) is 0 Å². The second-order valence-electron chi connectivity index (χ2n) is 4.79. The molecule has 2 aromatic rings. The SMILES string of the molecule is COc1ccccc1O[C@H](Cc1cccc(C)c1)C(=O)O. The van der Waals surface area contributed by atoms with Gasteiger partial charge in [0.05, 0.1) is 7.11 Å². The monoisotopic (exact) mass is 286 g/mol. The van der Waals surface area contributed by atoms with Gasteiger partial charge in [0, 0.05) is 6.42 Å². The van der Waals surface area contributed by atoms with Gasteiger partial charge in [-0.3, -0.25) is 0 Å². The van der Waals surface area contributed by atoms with Gasteiger partial charge in [-0.2, -0.15) is 0 Å². The van der Waals surface area contributed by atoms with E-state index in [1.807, 2.05) is 37.3 Å². The maximum Gasteiger partial charge on any atom is 0.345 e. The number of aryl methyl sites for hydroxylation is 1. The summed E-state index contributed by atoms with van der Waals surface area (Å²) in [6.45, 7) is 1.97. The zero-order valence-electron chi connectivity index (χ0n) is 12.1. The molecule has 0 aliphatic carbocycles. The van der Waals surface area contributed by atoms with Gasteiger partial charge in [0.1, 0.15) is 0 Å². The summed E-state index contributed by atoms with van der Waals surface area (Å²) >= 11 is 0. The molecule has 0 fully saturated rings. The Hall–Kier alpha value is -2.49. The first kappa shape index (κ1) is 14.9. The minimum absolute atomic E-state index is 0.301. The molecule has 0 unspecified atom stereocenters. The van der Waals surface area contributed by atoms with E-state index in [9.17, 15) is 9.90 Å². The number of aliphatic carboxylic acids is 1. The van der Waals surface area contributed by atoms with Crippen LogP contribution in [0.1, 0.15) is 11.1 Å². The number of hydrogen-bond acceptors (Lipinski definition) is 3. The lowest BCUT2D eigenvalue weighted by Gasteiger charge is -2.17. The molecule has 110 valence electrons. The summed E-state index contributed by atoms with van der Waals surface area (Å²) in [6, 6.07) is 14.8. The molecule has 2 rings (SSSR count). The van der Waals surface area contributed by atoms with Crippen LogP contribution in [-0.4, -0.2) is 24.3 Å². The van der Waals surface area contributed by atoms with E-state index in [1.165, 1.54) is 7.11 Å². The number of rotatable bonds is 6. The van der Waals surface area contributed by atoms with Gasteiger partial charge in [0.25, 0.3) is 0 Å². The highest BCUT2D eigenvalue weighted by molar-refractivity contribution is 5.73. The average Bonchev–Trinajstić information content (AvgIpc) is 2.47. The third-order valence-electron chi connectivity index (χ3n) is 3.12. The smallest absolute Gasteiger partial charge is 0.345 e. The van der Waals surface area contributed by atoms with Crippen molar-refractivity contribution in [3.63, 3.8) is 0 Å². The van der Waals surface area contributed by atoms with Crippen molar-refractivity contribution in [1.29, 1.82) is 0 Å². The third-order valence-corrected chi connectivity index (χ3v) is 3.12. The Kier molecular flexibility index (Phi) is 4.82. The summed E-state index contributed by atoms with van der Waals surface area (Å²) in [5, 5.41) is 9.36. The Morgan fingerprint density at radius 3 is 2.48 bits per heavy atom. The number of hydrogen-bond donors (Lipinski definition) is 1. The van der Waals surface area contributed by atoms with Gasteiger partial charge in [0.2, 0.25) is 0 Å². The summed E-state index contributed by atoms with van der Waals surface area (Å²) in [4.78, 5) is 11.4. The first-order chi connectivity index (χ1) is 10.1. The molecular weight excluding hydrogens is 268 g/mol. The van der Waals surface area contributed by atoms with Gasteiger partial charge in [-0.25, -0.2) is 4.79 Å². The maximum absolute atomic E-state index is 11.4. The predicted octanol–water partition coefficient (Wildman–Crippen LogP) is 3.08. The van der Waals surface area contributed by atoms with Crippen LogP contribution >= 0.6 is 0 Å². The van der Waals surface area contributed by atoms with Gasteiger partial charge in [-0.15, -0.1) is 0 Å². The van der Waals surface area contributed by atoms with Crippen molar-refractivity contribution in [3.05, 3.63) is 59.7 Å². The molecule has 0 aromatic heterocycles. The maximum atomic E-state index is 11.4. The topological polar surface area (TPSA) is 55.8 Å². The lowest BCUT2D eigenvalue weighted by atomic mass is 10.1. The van der Waals surface area contributed by atoms with Gasteiger partial charge >= 0.3 is 5.97 Å². The average molecular weight is 286 g/mol. The Labute approximate surface area is 123 Å². The van der Waals surface area contributed by atoms with E-state index in [2.05, 4.69) is 0 Å². The molecule has 1 N–H and O–H groups in total. The molecule has 0 spiro atoms. The van der Waals surface area contributed by atoms with E-state index in [1.54, 1.807) is 18.2 Å². The molecular formula is C17H18O4. The number of carboxylic acids is 1. The van der Waals surface area contributed by atoms with Crippen LogP contribution in [0.2, 0.25) is 0 Å². The van der Waals surface area contributed by atoms with Crippen molar-refractivity contribution >= 4 is 5.97 Å². The standard InChI is InChI=1S/C17H18O4/c1-12-6-5-7-13(10-12)11-16(17(18)19)21-15-9-4-3-8-14(15)20-2/h3-10,16H,11H2,1-2H3,(H,18,19)/t16-/m1/s1. The number of para-hydroxylation sites is 2. The van der Waals surface area contributed by atoms with Crippen molar-refractivity contribution < 1.29 is 19.4 Å². The van der Waals surface area contributed by atoms with Crippen molar-refractivity contribution in [2.75, 3.05) is 7.11 Å². The summed E-state index contributed by atoms with van der Waals surface area (Å²) in [5.74, 6) is -0.0459. The van der Waals surface area contributed by atoms with Crippen molar-refractivity contribution in [2.45, 2.75) is 19.4 Å². The number of benzene rings is 2. The molecule has 2 aromatic carbocycles. The van der Waals surface area contributed by atoms with Crippen molar-refractivity contribution in [2.24, 2.45) is 0 Å². The van der Waals surface area contributed by atoms with Crippen LogP contribution < -0.4 is 9.47 Å². The van der Waals surface area contributed by atoms with Crippen LogP contribution in [-0.2, 0) is 11.2 Å². The highest BCUT2D eigenvalue weighted by Crippen LogP contribution is 2.27. The summed E-state index contributed by atoms with van der Waals surface area (Å²) in [5.41, 5.74) is 2.02. The summed E-state index contributed by atoms with van der Waals surface area (Å²) in [6.07, 6.45) is -0.655. The second kappa shape index (κ2) is 6.79. The Morgan fingerprint density at radius 1 is 1.14 bits per heavy atom. The van der Waals surface area contributed by atoms with Crippen molar-refractivity contribution in [3.8, 4) is 11.5 Å². The van der Waals surface area contributed by atoms with E-state index < -0.39 is 12.1 Å². The van der Waals surface area contributed by atoms with Crippen LogP contribution in [0.5, 0.6) is 11.5 Å². The van der Waals surface area contributed by atoms with E-state index in [0.717, 1.165) is 11.1 Å². The zero-order chi connectivity index (χ0) is 15.2. The van der Waals surface area contributed by atoms with E-state index >= 15 is 0 Å². The molecule has 1 atom stereocenters. The summed E-state index contributed by atoms with van der Waals surface area (Å²) < 4.78 is 10.8. The molecule has 0 bridgehead atoms. The van der Waals surface area contributed by atoms with Crippen molar-refractivity contribution in [1.82, 2.24) is 0 Å². The lowest BCUT2D eigenvalue weighted by Crippen LogP contribution is -2.29. The van der Waals surface area contributed by atoms with Crippen LogP contribution in [0.3, 0.4) is 0 Å². The number of methoxy groups -OCH3 is 1. The molecule has 21 heavy (non-hydrogen) atoms. The first-order valence-corrected chi connectivity index (χ1v) is 6.68. The van der Waals surface area contributed by atoms with E-state index in [4.69, 9.17) is 9.47 Å². The minimum atomic E-state index is -0.998. The largest absolute Gasteiger partial charge is 0.493 e. The van der Waals surface area contributed by atoms with E-state index in [-0.39, 0.29) is 0 Å². The fourth-order valence-electron chi connectivity index (χ4n) is 2.10. The molecule has 0 saturated heterocycles. The highest BCUT2D eigenvalue weighted by Gasteiger charge is 2.21. The Balaban J connectivity index is 2.18. The van der Waals surface area contributed by atoms with Crippen LogP contribution in [0.4, 0.5) is 0 Å². The second-order valence-corrected chi connectivity index (χ2v) is 4.79. The quantitative estimate of drug-likeness (QED) is 0.886. The van der Waals surface area contributed by atoms with Gasteiger partial charge < -0.3 is 14.6 Å². The van der Waals surface area contributed by atoms with Crippen LogP contribution in [0, 0.1) is 6.92 Å². The fraction of sp³-hybridized carbons (Fsp3) is 0.235. The summed E-state index contributed by atoms with van der Waals surface area (Å²) in [7, 11) is 1.53. The number of carboxylic acid groups (broad SMARTS) is 1. The van der Waals surface area contributed by atoms with Gasteiger partial charge in [0.15, 0.2) is 17.6 Å².